The van der Waals surface area contributed by atoms with Gasteiger partial charge < -0.3 is 0 Å². The number of nitrogens with zero attached hydrogens (tertiary/aromatic N) is 2. The molecule has 0 N–H and O–H groups in total. The molecule has 0 atom stereocenters. The van der Waals surface area contributed by atoms with E-state index in [1.165, 1.54) is 137 Å². The largest absolute Gasteiger partial charge is 0.274 e. The second kappa shape index (κ2) is 20.5. The van der Waals surface area contributed by atoms with Crippen LogP contribution in [0, 0.1) is 0 Å². The molecule has 0 amide bonds. The fraction of sp³-hybridized carbons (Fsp3) is 0.737. The molecule has 0 unspecified atom stereocenters. The molecular weight excluding hydrogens is 548 g/mol. The van der Waals surface area contributed by atoms with E-state index < -0.39 is 0 Å². The Labute approximate surface area is 264 Å². The van der Waals surface area contributed by atoms with E-state index in [1.807, 2.05) is 0 Å². The quantitative estimate of drug-likeness (QED) is 0.0851. The van der Waals surface area contributed by atoms with Crippen molar-refractivity contribution in [3.05, 3.63) is 53.5 Å². The Morgan fingerprint density at radius 2 is 0.545 bits per heavy atom. The molecule has 3 aromatic rings. The molecule has 6 heteroatoms. The molecule has 1 aromatic carbocycles. The van der Waals surface area contributed by atoms with Gasteiger partial charge in [-0.1, -0.05) is 155 Å². The first-order valence-corrected chi connectivity index (χ1v) is 18.4. The summed E-state index contributed by atoms with van der Waals surface area (Å²) < 4.78 is 2.60. The number of benzene rings is 1. The molecule has 6 nitrogen and oxygen atoms in total. The van der Waals surface area contributed by atoms with Gasteiger partial charge >= 0.3 is 0 Å². The molecule has 0 radical (unpaired) electrons. The van der Waals surface area contributed by atoms with Gasteiger partial charge in [0, 0.05) is 13.1 Å². The van der Waals surface area contributed by atoms with Crippen LogP contribution in [0.4, 0.5) is 0 Å². The van der Waals surface area contributed by atoms with Crippen LogP contribution in [0.25, 0.3) is 21.5 Å². The van der Waals surface area contributed by atoms with Gasteiger partial charge in [0.2, 0.25) is 0 Å². The molecule has 0 aliphatic carbocycles. The van der Waals surface area contributed by atoms with Crippen LogP contribution in [0.5, 0.6) is 0 Å². The summed E-state index contributed by atoms with van der Waals surface area (Å²) in [5, 5.41) is 1.06. The van der Waals surface area contributed by atoms with Crippen molar-refractivity contribution in [1.82, 2.24) is 9.13 Å². The van der Waals surface area contributed by atoms with E-state index >= 15 is 0 Å². The van der Waals surface area contributed by atoms with Crippen molar-refractivity contribution in [2.45, 2.75) is 181 Å². The van der Waals surface area contributed by atoms with Gasteiger partial charge in [-0.25, -0.2) is 0 Å². The highest BCUT2D eigenvalue weighted by molar-refractivity contribution is 5.97. The van der Waals surface area contributed by atoms with Gasteiger partial charge in [-0.05, 0) is 25.0 Å². The average molecular weight is 609 g/mol. The molecule has 0 saturated heterocycles. The maximum absolute atomic E-state index is 13.1. The summed E-state index contributed by atoms with van der Waals surface area (Å²) in [5.41, 5.74) is -1.35. The molecule has 0 aliphatic rings. The van der Waals surface area contributed by atoms with E-state index in [2.05, 4.69) is 13.8 Å². The zero-order valence-corrected chi connectivity index (χ0v) is 28.1. The number of fused-ring (bicyclic) bond motifs is 2. The molecule has 0 saturated carbocycles. The van der Waals surface area contributed by atoms with E-state index in [1.54, 1.807) is 0 Å². The summed E-state index contributed by atoms with van der Waals surface area (Å²) in [4.78, 5) is 52.4. The predicted molar refractivity (Wildman–Crippen MR) is 187 cm³/mol. The molecule has 2 heterocycles. The van der Waals surface area contributed by atoms with Crippen molar-refractivity contribution in [3.8, 4) is 0 Å². The Bertz CT molecular complexity index is 1260. The normalized spacial score (nSPS) is 11.9. The number of hydrogen-bond donors (Lipinski definition) is 0. The van der Waals surface area contributed by atoms with E-state index in [0.717, 1.165) is 38.5 Å². The van der Waals surface area contributed by atoms with Crippen molar-refractivity contribution in [2.24, 2.45) is 0 Å². The first-order valence-electron chi connectivity index (χ1n) is 18.4. The van der Waals surface area contributed by atoms with Crippen LogP contribution in [-0.2, 0) is 13.1 Å². The van der Waals surface area contributed by atoms with Crippen LogP contribution < -0.4 is 22.2 Å². The first-order chi connectivity index (χ1) is 21.5. The number of aromatic nitrogens is 2. The number of unbranched alkanes of at least 4 members (excludes halogenated alkanes) is 22. The van der Waals surface area contributed by atoms with Gasteiger partial charge in [0.15, 0.2) is 0 Å². The third-order valence-corrected chi connectivity index (χ3v) is 9.53. The Morgan fingerprint density at radius 3 is 0.773 bits per heavy atom. The van der Waals surface area contributed by atoms with Crippen molar-refractivity contribution in [1.29, 1.82) is 0 Å². The highest BCUT2D eigenvalue weighted by Gasteiger charge is 2.19. The second-order valence-corrected chi connectivity index (χ2v) is 13.2. The lowest BCUT2D eigenvalue weighted by atomic mass is 10.1. The third kappa shape index (κ3) is 10.8. The van der Waals surface area contributed by atoms with Gasteiger partial charge in [-0.3, -0.25) is 28.3 Å². The van der Waals surface area contributed by atoms with Crippen LogP contribution in [0.15, 0.2) is 31.3 Å². The van der Waals surface area contributed by atoms with E-state index in [0.29, 0.717) is 13.1 Å². The van der Waals surface area contributed by atoms with Gasteiger partial charge in [-0.2, -0.15) is 0 Å². The second-order valence-electron chi connectivity index (χ2n) is 13.2. The monoisotopic (exact) mass is 608 g/mol. The number of rotatable bonds is 26. The molecule has 3 rings (SSSR count). The summed E-state index contributed by atoms with van der Waals surface area (Å²) in [5.74, 6) is 0. The van der Waals surface area contributed by atoms with Crippen LogP contribution in [0.2, 0.25) is 0 Å². The maximum atomic E-state index is 13.1. The van der Waals surface area contributed by atoms with E-state index in [9.17, 15) is 19.2 Å². The number of hydrogen-bond acceptors (Lipinski definition) is 4. The molecule has 2 aromatic heterocycles. The summed E-state index contributed by atoms with van der Waals surface area (Å²) >= 11 is 0. The van der Waals surface area contributed by atoms with Gasteiger partial charge in [0.05, 0.1) is 21.5 Å². The highest BCUT2D eigenvalue weighted by atomic mass is 16.2. The maximum Gasteiger partial charge on any atom is 0.261 e. The Hall–Kier alpha value is -2.50. The lowest BCUT2D eigenvalue weighted by Gasteiger charge is -2.03. The van der Waals surface area contributed by atoms with Crippen LogP contribution in [-0.4, -0.2) is 9.13 Å². The molecule has 246 valence electrons. The molecule has 0 bridgehead atoms. The Morgan fingerprint density at radius 1 is 0.341 bits per heavy atom. The van der Waals surface area contributed by atoms with E-state index in [-0.39, 0.29) is 43.8 Å². The summed E-state index contributed by atoms with van der Waals surface area (Å²) in [6.07, 6.45) is 29.3. The highest BCUT2D eigenvalue weighted by Crippen LogP contribution is 2.17. The zero-order chi connectivity index (χ0) is 31.6. The van der Waals surface area contributed by atoms with Crippen molar-refractivity contribution in [2.75, 3.05) is 0 Å². The van der Waals surface area contributed by atoms with Gasteiger partial charge in [0.25, 0.3) is 22.2 Å². The van der Waals surface area contributed by atoms with Crippen LogP contribution in [0.1, 0.15) is 168 Å². The zero-order valence-electron chi connectivity index (χ0n) is 28.1. The topological polar surface area (TPSA) is 78.1 Å². The van der Waals surface area contributed by atoms with Crippen LogP contribution >= 0.6 is 0 Å². The standard InChI is InChI=1S/C38H60N2O4/c1-3-5-7-9-11-13-15-17-19-21-23-25-27-39-35(41)31-29-33-34(30-32(31)36(39)42)38(44)40(37(33)43)28-26-24-22-20-18-16-14-12-10-8-6-4-2/h29-30H,3-28H2,1-2H3. The fourth-order valence-corrected chi connectivity index (χ4v) is 6.70. The van der Waals surface area contributed by atoms with E-state index in [4.69, 9.17) is 0 Å². The smallest absolute Gasteiger partial charge is 0.261 e. The predicted octanol–water partition coefficient (Wildman–Crippen LogP) is 9.31. The van der Waals surface area contributed by atoms with Crippen molar-refractivity contribution < 1.29 is 0 Å². The third-order valence-electron chi connectivity index (χ3n) is 9.53. The Kier molecular flexibility index (Phi) is 16.8. The van der Waals surface area contributed by atoms with Gasteiger partial charge in [-0.15, -0.1) is 0 Å². The van der Waals surface area contributed by atoms with Crippen LogP contribution in [0.3, 0.4) is 0 Å². The molecule has 0 fully saturated rings. The summed E-state index contributed by atoms with van der Waals surface area (Å²) in [6, 6.07) is 2.99. The lowest BCUT2D eigenvalue weighted by Crippen LogP contribution is -2.26. The molecule has 0 aliphatic heterocycles. The summed E-state index contributed by atoms with van der Waals surface area (Å²) in [6.45, 7) is 5.28. The minimum Gasteiger partial charge on any atom is -0.274 e. The van der Waals surface area contributed by atoms with Crippen molar-refractivity contribution >= 4 is 21.5 Å². The lowest BCUT2D eigenvalue weighted by molar-refractivity contribution is 0.524. The first kappa shape index (κ1) is 36.0. The average Bonchev–Trinajstić information content (AvgIpc) is 3.40. The SMILES string of the molecule is CCCCCCCCCCCCCCn1c(=O)c2cc3c(=O)n(CCCCCCCCCCCCCC)c(=O)c3cc2c1=O. The minimum atomic E-state index is -0.337. The molecule has 44 heavy (non-hydrogen) atoms. The van der Waals surface area contributed by atoms with Crippen molar-refractivity contribution in [3.63, 3.8) is 0 Å². The molecule has 0 spiro atoms. The minimum absolute atomic E-state index is 0.265. The summed E-state index contributed by atoms with van der Waals surface area (Å²) in [7, 11) is 0. The molecular formula is C38H60N2O4. The van der Waals surface area contributed by atoms with Gasteiger partial charge in [0.1, 0.15) is 0 Å². The fourth-order valence-electron chi connectivity index (χ4n) is 6.70. The Balaban J connectivity index is 1.43.